The van der Waals surface area contributed by atoms with Crippen LogP contribution in [0.4, 0.5) is 0 Å². The van der Waals surface area contributed by atoms with Crippen LogP contribution in [0.3, 0.4) is 0 Å². The maximum absolute atomic E-state index is 9.62. The molecular weight excluding hydrogens is 272 g/mol. The van der Waals surface area contributed by atoms with Gasteiger partial charge in [-0.15, -0.1) is 12.4 Å². The standard InChI is InChI=1S/C16H26N2O.ClH/c1-4-18(12-16(3)8-9-17-11-16)13(2)14-6-5-7-15(19)10-14;/h5-7,10,13,17,19H,4,8-9,11-12H2,1-3H3;1H. The molecule has 1 saturated heterocycles. The predicted octanol–water partition coefficient (Wildman–Crippen LogP) is 3.20. The van der Waals surface area contributed by atoms with Crippen LogP contribution in [-0.2, 0) is 0 Å². The van der Waals surface area contributed by atoms with Gasteiger partial charge in [-0.25, -0.2) is 0 Å². The summed E-state index contributed by atoms with van der Waals surface area (Å²) in [6, 6.07) is 7.97. The summed E-state index contributed by atoms with van der Waals surface area (Å²) < 4.78 is 0. The molecule has 1 aliphatic rings. The first-order chi connectivity index (χ1) is 9.04. The van der Waals surface area contributed by atoms with E-state index in [2.05, 4.69) is 37.1 Å². The summed E-state index contributed by atoms with van der Waals surface area (Å²) in [5, 5.41) is 13.1. The van der Waals surface area contributed by atoms with Gasteiger partial charge in [0.1, 0.15) is 5.75 Å². The SMILES string of the molecule is CCN(CC1(C)CCNC1)C(C)c1cccc(O)c1.Cl. The third-order valence-corrected chi connectivity index (χ3v) is 4.35. The second-order valence-electron chi connectivity index (χ2n) is 6.07. The number of halogens is 1. The van der Waals surface area contributed by atoms with E-state index in [0.717, 1.165) is 26.2 Å². The zero-order valence-corrected chi connectivity index (χ0v) is 13.5. The van der Waals surface area contributed by atoms with E-state index >= 15 is 0 Å². The topological polar surface area (TPSA) is 35.5 Å². The van der Waals surface area contributed by atoms with Crippen LogP contribution in [0.2, 0.25) is 0 Å². The molecule has 0 bridgehead atoms. The third kappa shape index (κ3) is 4.11. The van der Waals surface area contributed by atoms with Gasteiger partial charge in [0.15, 0.2) is 0 Å². The molecule has 3 nitrogen and oxygen atoms in total. The minimum absolute atomic E-state index is 0. The van der Waals surface area contributed by atoms with E-state index in [4.69, 9.17) is 0 Å². The molecule has 1 fully saturated rings. The number of benzene rings is 1. The van der Waals surface area contributed by atoms with E-state index in [1.54, 1.807) is 6.07 Å². The van der Waals surface area contributed by atoms with Crippen LogP contribution in [0.1, 0.15) is 38.8 Å². The first kappa shape index (κ1) is 17.3. The number of nitrogens with zero attached hydrogens (tertiary/aromatic N) is 1. The lowest BCUT2D eigenvalue weighted by Gasteiger charge is -2.35. The highest BCUT2D eigenvalue weighted by atomic mass is 35.5. The fourth-order valence-electron chi connectivity index (χ4n) is 3.01. The molecule has 0 aliphatic carbocycles. The Hall–Kier alpha value is -0.770. The first-order valence-electron chi connectivity index (χ1n) is 7.28. The van der Waals surface area contributed by atoms with E-state index in [-0.39, 0.29) is 12.4 Å². The van der Waals surface area contributed by atoms with Gasteiger partial charge < -0.3 is 10.4 Å². The molecule has 0 aromatic heterocycles. The van der Waals surface area contributed by atoms with Crippen molar-refractivity contribution in [3.8, 4) is 5.75 Å². The van der Waals surface area contributed by atoms with E-state index in [0.29, 0.717) is 17.2 Å². The van der Waals surface area contributed by atoms with Gasteiger partial charge in [-0.1, -0.05) is 26.0 Å². The van der Waals surface area contributed by atoms with Crippen molar-refractivity contribution in [3.63, 3.8) is 0 Å². The van der Waals surface area contributed by atoms with Gasteiger partial charge in [0.25, 0.3) is 0 Å². The largest absolute Gasteiger partial charge is 0.508 e. The van der Waals surface area contributed by atoms with Gasteiger partial charge in [0.05, 0.1) is 0 Å². The zero-order valence-electron chi connectivity index (χ0n) is 12.7. The highest BCUT2D eigenvalue weighted by Crippen LogP contribution is 2.30. The summed E-state index contributed by atoms with van der Waals surface area (Å²) in [7, 11) is 0. The monoisotopic (exact) mass is 298 g/mol. The molecule has 2 atom stereocenters. The first-order valence-corrected chi connectivity index (χ1v) is 7.28. The second-order valence-corrected chi connectivity index (χ2v) is 6.07. The van der Waals surface area contributed by atoms with Crippen molar-refractivity contribution in [3.05, 3.63) is 29.8 Å². The number of rotatable bonds is 5. The summed E-state index contributed by atoms with van der Waals surface area (Å²) in [5.41, 5.74) is 1.57. The Morgan fingerprint density at radius 3 is 2.75 bits per heavy atom. The van der Waals surface area contributed by atoms with Gasteiger partial charge in [-0.3, -0.25) is 4.90 Å². The van der Waals surface area contributed by atoms with Gasteiger partial charge in [-0.2, -0.15) is 0 Å². The van der Waals surface area contributed by atoms with E-state index < -0.39 is 0 Å². The fourth-order valence-corrected chi connectivity index (χ4v) is 3.01. The number of hydrogen-bond donors (Lipinski definition) is 2. The molecule has 2 N–H and O–H groups in total. The summed E-state index contributed by atoms with van der Waals surface area (Å²) in [5.74, 6) is 0.356. The highest BCUT2D eigenvalue weighted by Gasteiger charge is 2.31. The molecule has 1 heterocycles. The molecule has 0 radical (unpaired) electrons. The molecule has 114 valence electrons. The molecule has 1 aliphatic heterocycles. The Balaban J connectivity index is 0.00000200. The normalized spacial score (nSPS) is 23.6. The van der Waals surface area contributed by atoms with Gasteiger partial charge in [0.2, 0.25) is 0 Å². The molecule has 2 rings (SSSR count). The van der Waals surface area contributed by atoms with E-state index in [9.17, 15) is 5.11 Å². The van der Waals surface area contributed by atoms with Crippen molar-refractivity contribution in [2.45, 2.75) is 33.2 Å². The Labute approximate surface area is 128 Å². The maximum atomic E-state index is 9.62. The summed E-state index contributed by atoms with van der Waals surface area (Å²) in [6.07, 6.45) is 1.25. The van der Waals surface area contributed by atoms with Crippen LogP contribution in [0.5, 0.6) is 5.75 Å². The minimum Gasteiger partial charge on any atom is -0.508 e. The van der Waals surface area contributed by atoms with Gasteiger partial charge in [0, 0.05) is 19.1 Å². The average molecular weight is 299 g/mol. The molecule has 0 spiro atoms. The van der Waals surface area contributed by atoms with Crippen LogP contribution in [0, 0.1) is 5.41 Å². The summed E-state index contributed by atoms with van der Waals surface area (Å²) in [6.45, 7) is 11.2. The Kier molecular flexibility index (Phi) is 6.31. The number of nitrogens with one attached hydrogen (secondary N) is 1. The van der Waals surface area contributed by atoms with E-state index in [1.807, 2.05) is 12.1 Å². The van der Waals surface area contributed by atoms with Crippen LogP contribution < -0.4 is 5.32 Å². The Morgan fingerprint density at radius 2 is 2.20 bits per heavy atom. The van der Waals surface area contributed by atoms with Crippen LogP contribution in [0.15, 0.2) is 24.3 Å². The van der Waals surface area contributed by atoms with Gasteiger partial charge >= 0.3 is 0 Å². The van der Waals surface area contributed by atoms with Crippen molar-refractivity contribution in [1.29, 1.82) is 0 Å². The molecule has 0 saturated carbocycles. The number of phenols is 1. The van der Waals surface area contributed by atoms with Crippen molar-refractivity contribution in [1.82, 2.24) is 10.2 Å². The lowest BCUT2D eigenvalue weighted by molar-refractivity contribution is 0.143. The predicted molar refractivity (Wildman–Crippen MR) is 86.6 cm³/mol. The minimum atomic E-state index is 0. The second kappa shape index (κ2) is 7.30. The lowest BCUT2D eigenvalue weighted by atomic mass is 9.88. The quantitative estimate of drug-likeness (QED) is 0.876. The zero-order chi connectivity index (χ0) is 13.9. The third-order valence-electron chi connectivity index (χ3n) is 4.35. The van der Waals surface area contributed by atoms with Crippen LogP contribution in [0.25, 0.3) is 0 Å². The van der Waals surface area contributed by atoms with E-state index in [1.165, 1.54) is 12.0 Å². The fraction of sp³-hybridized carbons (Fsp3) is 0.625. The average Bonchev–Trinajstić information content (AvgIpc) is 2.82. The Bertz CT molecular complexity index is 419. The van der Waals surface area contributed by atoms with Crippen molar-refractivity contribution in [2.24, 2.45) is 5.41 Å². The molecule has 20 heavy (non-hydrogen) atoms. The van der Waals surface area contributed by atoms with Crippen LogP contribution in [-0.4, -0.2) is 36.2 Å². The lowest BCUT2D eigenvalue weighted by Crippen LogP contribution is -2.38. The number of phenolic OH excluding ortho intramolecular Hbond substituents is 1. The molecule has 0 amide bonds. The highest BCUT2D eigenvalue weighted by molar-refractivity contribution is 5.85. The Morgan fingerprint density at radius 1 is 1.45 bits per heavy atom. The molecule has 1 aromatic carbocycles. The van der Waals surface area contributed by atoms with Crippen molar-refractivity contribution in [2.75, 3.05) is 26.2 Å². The summed E-state index contributed by atoms with van der Waals surface area (Å²) >= 11 is 0. The van der Waals surface area contributed by atoms with Gasteiger partial charge in [-0.05, 0) is 49.5 Å². The molecule has 1 aromatic rings. The molecular formula is C16H27ClN2O. The van der Waals surface area contributed by atoms with Crippen LogP contribution >= 0.6 is 12.4 Å². The van der Waals surface area contributed by atoms with Crippen molar-refractivity contribution < 1.29 is 5.11 Å². The number of hydrogen-bond acceptors (Lipinski definition) is 3. The van der Waals surface area contributed by atoms with Crippen molar-refractivity contribution >= 4 is 12.4 Å². The molecule has 2 unspecified atom stereocenters. The molecule has 4 heteroatoms. The maximum Gasteiger partial charge on any atom is 0.115 e. The number of aromatic hydroxyl groups is 1. The summed E-state index contributed by atoms with van der Waals surface area (Å²) in [4.78, 5) is 2.50. The smallest absolute Gasteiger partial charge is 0.115 e.